The summed E-state index contributed by atoms with van der Waals surface area (Å²) in [6.45, 7) is 3.82. The van der Waals surface area contributed by atoms with Gasteiger partial charge in [0.05, 0.1) is 6.10 Å². The number of hydrogen-bond donors (Lipinski definition) is 1. The molecule has 6 heteroatoms. The molecule has 144 valence electrons. The largest absolute Gasteiger partial charge is 0.491 e. The summed E-state index contributed by atoms with van der Waals surface area (Å²) in [4.78, 5) is 12.2. The van der Waals surface area contributed by atoms with Crippen LogP contribution in [0, 0.1) is 19.3 Å². The number of rotatable bonds is 10. The van der Waals surface area contributed by atoms with E-state index in [0.29, 0.717) is 32.4 Å². The highest BCUT2D eigenvalue weighted by Gasteiger charge is 2.39. The average Bonchev–Trinajstić information content (AvgIpc) is 3.25. The van der Waals surface area contributed by atoms with E-state index >= 15 is 0 Å². The maximum absolute atomic E-state index is 12.2. The van der Waals surface area contributed by atoms with Crippen molar-refractivity contribution in [2.75, 3.05) is 13.2 Å². The minimum absolute atomic E-state index is 0.0157. The molecule has 1 N–H and O–H groups in total. The van der Waals surface area contributed by atoms with E-state index < -0.39 is 5.66 Å². The number of ether oxygens (including phenoxy) is 2. The van der Waals surface area contributed by atoms with Crippen LogP contribution in [0.1, 0.15) is 49.7 Å². The maximum atomic E-state index is 12.2. The van der Waals surface area contributed by atoms with Crippen LogP contribution in [0.5, 0.6) is 5.75 Å². The van der Waals surface area contributed by atoms with E-state index in [1.807, 2.05) is 25.1 Å². The smallest absolute Gasteiger partial charge is 0.220 e. The monoisotopic (exact) mass is 369 g/mol. The van der Waals surface area contributed by atoms with E-state index in [9.17, 15) is 4.79 Å². The number of carbonyl (C=O) groups is 1. The second-order valence-corrected chi connectivity index (χ2v) is 7.22. The van der Waals surface area contributed by atoms with Gasteiger partial charge < -0.3 is 14.8 Å². The number of nitrogens with zero attached hydrogens (tertiary/aromatic N) is 2. The van der Waals surface area contributed by atoms with E-state index in [1.165, 1.54) is 0 Å². The number of carbonyl (C=O) groups excluding carboxylic acids is 1. The van der Waals surface area contributed by atoms with E-state index in [-0.39, 0.29) is 12.0 Å². The van der Waals surface area contributed by atoms with Gasteiger partial charge in [0.25, 0.3) is 0 Å². The Hall–Kier alpha value is -2.39. The van der Waals surface area contributed by atoms with E-state index in [4.69, 9.17) is 15.9 Å². The second kappa shape index (κ2) is 9.01. The molecule has 1 amide bonds. The molecule has 1 aromatic carbocycles. The highest BCUT2D eigenvalue weighted by Crippen LogP contribution is 2.37. The maximum Gasteiger partial charge on any atom is 0.220 e. The Morgan fingerprint density at radius 2 is 2.30 bits per heavy atom. The van der Waals surface area contributed by atoms with Crippen LogP contribution in [-0.4, -0.2) is 30.9 Å². The van der Waals surface area contributed by atoms with Gasteiger partial charge in [0.1, 0.15) is 12.4 Å². The number of hydrogen-bond acceptors (Lipinski definition) is 5. The number of aryl methyl sites for hydroxylation is 1. The number of benzene rings is 1. The van der Waals surface area contributed by atoms with Crippen molar-refractivity contribution < 1.29 is 14.3 Å². The van der Waals surface area contributed by atoms with Crippen LogP contribution < -0.4 is 10.1 Å². The quantitative estimate of drug-likeness (QED) is 0.641. The molecule has 27 heavy (non-hydrogen) atoms. The van der Waals surface area contributed by atoms with Crippen molar-refractivity contribution >= 4 is 5.91 Å². The normalized spacial score (nSPS) is 19.5. The van der Waals surface area contributed by atoms with Gasteiger partial charge in [-0.1, -0.05) is 12.1 Å². The van der Waals surface area contributed by atoms with Crippen molar-refractivity contribution in [3.05, 3.63) is 29.3 Å². The molecular weight excluding hydrogens is 342 g/mol. The van der Waals surface area contributed by atoms with Crippen molar-refractivity contribution in [3.63, 3.8) is 0 Å². The van der Waals surface area contributed by atoms with E-state index in [2.05, 4.69) is 21.5 Å². The summed E-state index contributed by atoms with van der Waals surface area (Å²) >= 11 is 0. The van der Waals surface area contributed by atoms with Crippen molar-refractivity contribution in [3.8, 4) is 18.1 Å². The molecule has 2 aliphatic heterocycles. The lowest BCUT2D eigenvalue weighted by molar-refractivity contribution is -0.121. The molecule has 1 fully saturated rings. The molecule has 1 atom stereocenters. The topological polar surface area (TPSA) is 72.3 Å². The van der Waals surface area contributed by atoms with Crippen molar-refractivity contribution in [1.82, 2.24) is 5.32 Å². The van der Waals surface area contributed by atoms with Gasteiger partial charge in [-0.25, -0.2) is 0 Å². The van der Waals surface area contributed by atoms with Gasteiger partial charge in [-0.3, -0.25) is 4.79 Å². The van der Waals surface area contributed by atoms with Gasteiger partial charge in [-0.2, -0.15) is 10.2 Å². The molecule has 2 heterocycles. The Bertz CT molecular complexity index is 727. The highest BCUT2D eigenvalue weighted by atomic mass is 16.5. The fourth-order valence-corrected chi connectivity index (χ4v) is 3.16. The first-order chi connectivity index (χ1) is 13.1. The average molecular weight is 369 g/mol. The number of amides is 1. The lowest BCUT2D eigenvalue weighted by Gasteiger charge is -2.16. The standard InChI is InChI=1S/C21H27N3O3/c1-3-4-10-21(23-24-21)11-9-20(25)22-14-17-8-7-16(2)13-19(17)27-15-18-6-5-12-26-18/h1,7-8,13,18H,4-6,9-12,14-15H2,2H3,(H,22,25). The van der Waals surface area contributed by atoms with Gasteiger partial charge >= 0.3 is 0 Å². The zero-order valence-corrected chi connectivity index (χ0v) is 15.9. The number of terminal acetylenes is 1. The Kier molecular flexibility index (Phi) is 6.46. The predicted octanol–water partition coefficient (Wildman–Crippen LogP) is 3.52. The highest BCUT2D eigenvalue weighted by molar-refractivity contribution is 5.76. The first-order valence-corrected chi connectivity index (χ1v) is 9.58. The van der Waals surface area contributed by atoms with Gasteiger partial charge in [-0.15, -0.1) is 12.3 Å². The molecule has 0 radical (unpaired) electrons. The minimum Gasteiger partial charge on any atom is -0.491 e. The first-order valence-electron chi connectivity index (χ1n) is 9.58. The van der Waals surface area contributed by atoms with Gasteiger partial charge in [0, 0.05) is 44.4 Å². The lowest BCUT2D eigenvalue weighted by Crippen LogP contribution is -2.25. The molecule has 6 nitrogen and oxygen atoms in total. The van der Waals surface area contributed by atoms with Gasteiger partial charge in [0.15, 0.2) is 5.66 Å². The summed E-state index contributed by atoms with van der Waals surface area (Å²) in [6.07, 6.45) is 9.92. The third-order valence-electron chi connectivity index (χ3n) is 4.95. The van der Waals surface area contributed by atoms with Crippen molar-refractivity contribution in [1.29, 1.82) is 0 Å². The molecule has 0 bridgehead atoms. The Labute approximate surface area is 160 Å². The van der Waals surface area contributed by atoms with Crippen LogP contribution in [0.2, 0.25) is 0 Å². The zero-order valence-electron chi connectivity index (χ0n) is 15.9. The lowest BCUT2D eigenvalue weighted by atomic mass is 10.0. The third-order valence-corrected chi connectivity index (χ3v) is 4.95. The summed E-state index contributed by atoms with van der Waals surface area (Å²) < 4.78 is 11.6. The molecule has 3 rings (SSSR count). The summed E-state index contributed by atoms with van der Waals surface area (Å²) in [5, 5.41) is 11.1. The van der Waals surface area contributed by atoms with Crippen LogP contribution in [0.3, 0.4) is 0 Å². The third kappa shape index (κ3) is 5.80. The molecule has 0 aliphatic carbocycles. The molecule has 2 aliphatic rings. The molecular formula is C21H27N3O3. The van der Waals surface area contributed by atoms with Crippen LogP contribution in [-0.2, 0) is 16.1 Å². The van der Waals surface area contributed by atoms with Crippen LogP contribution >= 0.6 is 0 Å². The van der Waals surface area contributed by atoms with Gasteiger partial charge in [0.2, 0.25) is 5.91 Å². The SMILES string of the molecule is C#CCCC1(CCC(=O)NCc2ccc(C)cc2OCC2CCCO2)N=N1. The van der Waals surface area contributed by atoms with Crippen LogP contribution in [0.4, 0.5) is 0 Å². The summed E-state index contributed by atoms with van der Waals surface area (Å²) in [5.74, 6) is 3.39. The Morgan fingerprint density at radius 1 is 1.44 bits per heavy atom. The van der Waals surface area contributed by atoms with Crippen LogP contribution in [0.15, 0.2) is 28.4 Å². The molecule has 0 aromatic heterocycles. The molecule has 1 unspecified atom stereocenters. The molecule has 0 spiro atoms. The Morgan fingerprint density at radius 3 is 3.00 bits per heavy atom. The molecule has 1 saturated heterocycles. The Balaban J connectivity index is 1.46. The fraction of sp³-hybridized carbons (Fsp3) is 0.571. The molecule has 1 aromatic rings. The summed E-state index contributed by atoms with van der Waals surface area (Å²) in [5.41, 5.74) is 1.68. The zero-order chi connectivity index (χ0) is 19.1. The van der Waals surface area contributed by atoms with E-state index in [1.54, 1.807) is 0 Å². The number of nitrogens with one attached hydrogen (secondary N) is 1. The van der Waals surface area contributed by atoms with Crippen molar-refractivity contribution in [2.24, 2.45) is 10.2 Å². The van der Waals surface area contributed by atoms with Crippen molar-refractivity contribution in [2.45, 2.75) is 63.8 Å². The minimum atomic E-state index is -0.414. The van der Waals surface area contributed by atoms with E-state index in [0.717, 1.165) is 42.7 Å². The summed E-state index contributed by atoms with van der Waals surface area (Å²) in [7, 11) is 0. The predicted molar refractivity (Wildman–Crippen MR) is 102 cm³/mol. The summed E-state index contributed by atoms with van der Waals surface area (Å²) in [6, 6.07) is 6.03. The fourth-order valence-electron chi connectivity index (χ4n) is 3.16. The second-order valence-electron chi connectivity index (χ2n) is 7.22. The molecule has 0 saturated carbocycles. The van der Waals surface area contributed by atoms with Gasteiger partial charge in [-0.05, 0) is 31.4 Å². The first kappa shape index (κ1) is 19.4. The van der Waals surface area contributed by atoms with Crippen LogP contribution in [0.25, 0.3) is 0 Å².